The van der Waals surface area contributed by atoms with Crippen molar-refractivity contribution in [3.63, 3.8) is 0 Å². The molecule has 164 valence electrons. The number of carbonyl (C=O) groups is 3. The van der Waals surface area contributed by atoms with E-state index in [1.807, 2.05) is 31.2 Å². The van der Waals surface area contributed by atoms with Crippen molar-refractivity contribution in [3.05, 3.63) is 59.7 Å². The Morgan fingerprint density at radius 2 is 1.68 bits per heavy atom. The molecular formula is C24H29N3O4. The van der Waals surface area contributed by atoms with Gasteiger partial charge in [-0.1, -0.05) is 52.0 Å². The number of rotatable bonds is 6. The predicted octanol–water partition coefficient (Wildman–Crippen LogP) is 3.79. The molecule has 0 bridgehead atoms. The Kier molecular flexibility index (Phi) is 6.06. The van der Waals surface area contributed by atoms with Gasteiger partial charge in [0, 0.05) is 5.69 Å². The number of methoxy groups -OCH3 is 1. The third-order valence-electron chi connectivity index (χ3n) is 5.63. The highest BCUT2D eigenvalue weighted by atomic mass is 16.5. The van der Waals surface area contributed by atoms with Gasteiger partial charge in [0.1, 0.15) is 17.8 Å². The summed E-state index contributed by atoms with van der Waals surface area (Å²) in [6.07, 6.45) is 0.357. The third-order valence-corrected chi connectivity index (χ3v) is 5.63. The van der Waals surface area contributed by atoms with Crippen LogP contribution >= 0.6 is 0 Å². The number of urea groups is 1. The van der Waals surface area contributed by atoms with Crippen LogP contribution in [0.15, 0.2) is 48.5 Å². The highest BCUT2D eigenvalue weighted by molar-refractivity contribution is 6.10. The zero-order valence-electron chi connectivity index (χ0n) is 18.6. The number of imide groups is 1. The average molecular weight is 424 g/mol. The SMILES string of the molecule is CC[C@@]1(c2ccc(OC)cc2)NC(=O)N(CC(=O)Nc2ccc(C(C)(C)C)cc2)C1=O. The minimum Gasteiger partial charge on any atom is -0.497 e. The fourth-order valence-corrected chi connectivity index (χ4v) is 3.68. The van der Waals surface area contributed by atoms with Crippen molar-refractivity contribution in [1.82, 2.24) is 10.2 Å². The van der Waals surface area contributed by atoms with Crippen molar-refractivity contribution in [2.75, 3.05) is 19.0 Å². The van der Waals surface area contributed by atoms with Crippen LogP contribution in [-0.4, -0.2) is 36.4 Å². The fraction of sp³-hybridized carbons (Fsp3) is 0.375. The summed E-state index contributed by atoms with van der Waals surface area (Å²) in [5.41, 5.74) is 1.22. The van der Waals surface area contributed by atoms with E-state index < -0.39 is 23.4 Å². The summed E-state index contributed by atoms with van der Waals surface area (Å²) in [6.45, 7) is 7.80. The second kappa shape index (κ2) is 8.41. The van der Waals surface area contributed by atoms with Gasteiger partial charge in [-0.2, -0.15) is 0 Å². The molecule has 0 aliphatic carbocycles. The van der Waals surface area contributed by atoms with Gasteiger partial charge < -0.3 is 15.4 Å². The van der Waals surface area contributed by atoms with Crippen LogP contribution in [0, 0.1) is 0 Å². The maximum atomic E-state index is 13.2. The van der Waals surface area contributed by atoms with Gasteiger partial charge in [0.2, 0.25) is 5.91 Å². The molecule has 2 aromatic rings. The lowest BCUT2D eigenvalue weighted by Crippen LogP contribution is -2.44. The van der Waals surface area contributed by atoms with Crippen LogP contribution in [0.1, 0.15) is 45.2 Å². The lowest BCUT2D eigenvalue weighted by Gasteiger charge is -2.26. The van der Waals surface area contributed by atoms with Crippen molar-refractivity contribution in [2.45, 2.75) is 45.1 Å². The molecule has 7 heteroatoms. The molecular weight excluding hydrogens is 394 g/mol. The molecule has 1 atom stereocenters. The molecule has 7 nitrogen and oxygen atoms in total. The molecule has 3 rings (SSSR count). The van der Waals surface area contributed by atoms with E-state index >= 15 is 0 Å². The van der Waals surface area contributed by atoms with E-state index in [0.29, 0.717) is 23.4 Å². The molecule has 2 N–H and O–H groups in total. The van der Waals surface area contributed by atoms with Gasteiger partial charge in [0.25, 0.3) is 5.91 Å². The predicted molar refractivity (Wildman–Crippen MR) is 119 cm³/mol. The highest BCUT2D eigenvalue weighted by Crippen LogP contribution is 2.33. The second-order valence-corrected chi connectivity index (χ2v) is 8.68. The van der Waals surface area contributed by atoms with Gasteiger partial charge in [-0.15, -0.1) is 0 Å². The Morgan fingerprint density at radius 3 is 2.19 bits per heavy atom. The van der Waals surface area contributed by atoms with Crippen molar-refractivity contribution in [1.29, 1.82) is 0 Å². The van der Waals surface area contributed by atoms with Crippen molar-refractivity contribution in [2.24, 2.45) is 0 Å². The first-order chi connectivity index (χ1) is 14.6. The van der Waals surface area contributed by atoms with Gasteiger partial charge in [-0.25, -0.2) is 4.79 Å². The van der Waals surface area contributed by atoms with Gasteiger partial charge in [0.15, 0.2) is 0 Å². The molecule has 0 saturated carbocycles. The summed E-state index contributed by atoms with van der Waals surface area (Å²) in [6, 6.07) is 13.9. The maximum absolute atomic E-state index is 13.2. The summed E-state index contributed by atoms with van der Waals surface area (Å²) in [7, 11) is 1.56. The lowest BCUT2D eigenvalue weighted by molar-refractivity contribution is -0.134. The molecule has 0 radical (unpaired) electrons. The first-order valence-corrected chi connectivity index (χ1v) is 10.3. The number of hydrogen-bond donors (Lipinski definition) is 2. The number of carbonyl (C=O) groups excluding carboxylic acids is 3. The first kappa shape index (κ1) is 22.3. The number of amides is 4. The molecule has 4 amide bonds. The summed E-state index contributed by atoms with van der Waals surface area (Å²) < 4.78 is 5.17. The van der Waals surface area contributed by atoms with E-state index in [4.69, 9.17) is 4.74 Å². The minimum absolute atomic E-state index is 0.00748. The second-order valence-electron chi connectivity index (χ2n) is 8.68. The number of nitrogens with one attached hydrogen (secondary N) is 2. The maximum Gasteiger partial charge on any atom is 0.325 e. The summed E-state index contributed by atoms with van der Waals surface area (Å²) in [5, 5.41) is 5.54. The Labute approximate surface area is 182 Å². The summed E-state index contributed by atoms with van der Waals surface area (Å²) >= 11 is 0. The van der Waals surface area contributed by atoms with Gasteiger partial charge >= 0.3 is 6.03 Å². The summed E-state index contributed by atoms with van der Waals surface area (Å²) in [4.78, 5) is 39.3. The van der Waals surface area contributed by atoms with Crippen molar-refractivity contribution < 1.29 is 19.1 Å². The molecule has 31 heavy (non-hydrogen) atoms. The number of benzene rings is 2. The zero-order chi connectivity index (χ0) is 22.8. The molecule has 0 unspecified atom stereocenters. The molecule has 1 heterocycles. The van der Waals surface area contributed by atoms with E-state index in [2.05, 4.69) is 31.4 Å². The minimum atomic E-state index is -1.20. The van der Waals surface area contributed by atoms with Gasteiger partial charge in [0.05, 0.1) is 7.11 Å². The third kappa shape index (κ3) is 4.40. The van der Waals surface area contributed by atoms with Crippen LogP contribution in [-0.2, 0) is 20.5 Å². The monoisotopic (exact) mass is 423 g/mol. The Morgan fingerprint density at radius 1 is 1.06 bits per heavy atom. The van der Waals surface area contributed by atoms with E-state index in [0.717, 1.165) is 10.5 Å². The average Bonchev–Trinajstić information content (AvgIpc) is 2.98. The molecule has 2 aromatic carbocycles. The molecule has 0 spiro atoms. The zero-order valence-corrected chi connectivity index (χ0v) is 18.6. The normalized spacial score (nSPS) is 18.7. The largest absolute Gasteiger partial charge is 0.497 e. The van der Waals surface area contributed by atoms with E-state index in [1.165, 1.54) is 0 Å². The van der Waals surface area contributed by atoms with E-state index in [9.17, 15) is 14.4 Å². The van der Waals surface area contributed by atoms with Crippen LogP contribution < -0.4 is 15.4 Å². The Balaban J connectivity index is 1.73. The Bertz CT molecular complexity index is 977. The van der Waals surface area contributed by atoms with E-state index in [1.54, 1.807) is 31.4 Å². The van der Waals surface area contributed by atoms with Gasteiger partial charge in [-0.3, -0.25) is 14.5 Å². The molecule has 0 aromatic heterocycles. The molecule has 1 saturated heterocycles. The molecule has 1 fully saturated rings. The number of hydrogen-bond acceptors (Lipinski definition) is 4. The number of ether oxygens (including phenoxy) is 1. The number of nitrogens with zero attached hydrogens (tertiary/aromatic N) is 1. The molecule has 1 aliphatic rings. The topological polar surface area (TPSA) is 87.7 Å². The first-order valence-electron chi connectivity index (χ1n) is 10.3. The summed E-state index contributed by atoms with van der Waals surface area (Å²) in [5.74, 6) is -0.225. The highest BCUT2D eigenvalue weighted by Gasteiger charge is 2.51. The van der Waals surface area contributed by atoms with Crippen LogP contribution in [0.4, 0.5) is 10.5 Å². The standard InChI is InChI=1S/C24H29N3O4/c1-6-24(17-9-13-19(31-5)14-10-17)21(29)27(22(30)26-24)15-20(28)25-18-11-7-16(8-12-18)23(2,3)4/h7-14H,6,15H2,1-5H3,(H,25,28)(H,26,30)/t24-/m0/s1. The van der Waals surface area contributed by atoms with Crippen LogP contribution in [0.25, 0.3) is 0 Å². The molecule has 1 aliphatic heterocycles. The van der Waals surface area contributed by atoms with Crippen LogP contribution in [0.3, 0.4) is 0 Å². The lowest BCUT2D eigenvalue weighted by atomic mass is 9.87. The quantitative estimate of drug-likeness (QED) is 0.692. The number of anilines is 1. The van der Waals surface area contributed by atoms with Gasteiger partial charge in [-0.05, 0) is 47.2 Å². The van der Waals surface area contributed by atoms with Crippen molar-refractivity contribution in [3.8, 4) is 5.75 Å². The Hall–Kier alpha value is -3.35. The van der Waals surface area contributed by atoms with Crippen molar-refractivity contribution >= 4 is 23.5 Å². The van der Waals surface area contributed by atoms with Crippen LogP contribution in [0.2, 0.25) is 0 Å². The fourth-order valence-electron chi connectivity index (χ4n) is 3.68. The van der Waals surface area contributed by atoms with Crippen LogP contribution in [0.5, 0.6) is 5.75 Å². The van der Waals surface area contributed by atoms with E-state index in [-0.39, 0.29) is 12.0 Å². The smallest absolute Gasteiger partial charge is 0.325 e.